The van der Waals surface area contributed by atoms with Crippen LogP contribution in [0.5, 0.6) is 11.8 Å². The Bertz CT molecular complexity index is 898. The van der Waals surface area contributed by atoms with Gasteiger partial charge in [-0.3, -0.25) is 9.78 Å². The number of aryl methyl sites for hydroxylation is 1. The van der Waals surface area contributed by atoms with Crippen LogP contribution in [0.4, 0.5) is 5.69 Å². The van der Waals surface area contributed by atoms with E-state index in [9.17, 15) is 13.2 Å². The van der Waals surface area contributed by atoms with E-state index >= 15 is 0 Å². The van der Waals surface area contributed by atoms with Crippen molar-refractivity contribution in [1.82, 2.24) is 9.97 Å². The Labute approximate surface area is 159 Å². The summed E-state index contributed by atoms with van der Waals surface area (Å²) < 4.78 is 35.5. The van der Waals surface area contributed by atoms with Gasteiger partial charge in [-0.25, -0.2) is 8.42 Å². The SMILES string of the molecule is CCCCc1ccc(C(=O)N(c2ccc(OC)nc2OC)S(C)(=O)=O)nc1. The molecule has 0 aliphatic carbocycles. The van der Waals surface area contributed by atoms with Crippen molar-refractivity contribution < 1.29 is 22.7 Å². The summed E-state index contributed by atoms with van der Waals surface area (Å²) in [6.07, 6.45) is 5.44. The first kappa shape index (κ1) is 20.6. The fraction of sp³-hybridized carbons (Fsp3) is 0.389. The molecule has 0 unspecified atom stereocenters. The number of amides is 1. The van der Waals surface area contributed by atoms with Crippen LogP contribution >= 0.6 is 0 Å². The number of pyridine rings is 2. The highest BCUT2D eigenvalue weighted by Gasteiger charge is 2.31. The molecule has 0 aliphatic heterocycles. The second kappa shape index (κ2) is 8.81. The van der Waals surface area contributed by atoms with Crippen molar-refractivity contribution >= 4 is 21.6 Å². The van der Waals surface area contributed by atoms with Crippen molar-refractivity contribution in [2.45, 2.75) is 26.2 Å². The molecule has 0 fully saturated rings. The van der Waals surface area contributed by atoms with Gasteiger partial charge >= 0.3 is 0 Å². The van der Waals surface area contributed by atoms with Gasteiger partial charge in [0.15, 0.2) is 0 Å². The molecule has 27 heavy (non-hydrogen) atoms. The van der Waals surface area contributed by atoms with Gasteiger partial charge in [0, 0.05) is 12.3 Å². The fourth-order valence-electron chi connectivity index (χ4n) is 2.46. The van der Waals surface area contributed by atoms with Crippen molar-refractivity contribution in [1.29, 1.82) is 0 Å². The van der Waals surface area contributed by atoms with Crippen molar-refractivity contribution in [2.75, 3.05) is 24.8 Å². The van der Waals surface area contributed by atoms with Gasteiger partial charge in [0.05, 0.1) is 20.5 Å². The third-order valence-electron chi connectivity index (χ3n) is 3.81. The van der Waals surface area contributed by atoms with Gasteiger partial charge in [-0.05, 0) is 30.5 Å². The van der Waals surface area contributed by atoms with Gasteiger partial charge in [-0.15, -0.1) is 0 Å². The largest absolute Gasteiger partial charge is 0.481 e. The fourth-order valence-corrected chi connectivity index (χ4v) is 3.35. The van der Waals surface area contributed by atoms with Crippen LogP contribution < -0.4 is 13.8 Å². The average molecular weight is 393 g/mol. The quantitative estimate of drug-likeness (QED) is 0.679. The Morgan fingerprint density at radius 1 is 1.15 bits per heavy atom. The topological polar surface area (TPSA) is 98.7 Å². The van der Waals surface area contributed by atoms with E-state index in [0.717, 1.165) is 31.1 Å². The molecular formula is C18H23N3O5S. The monoisotopic (exact) mass is 393 g/mol. The number of nitrogens with zero attached hydrogens (tertiary/aromatic N) is 3. The summed E-state index contributed by atoms with van der Waals surface area (Å²) in [7, 11) is -1.21. The summed E-state index contributed by atoms with van der Waals surface area (Å²) in [6, 6.07) is 6.15. The maximum Gasteiger partial charge on any atom is 0.290 e. The molecule has 9 heteroatoms. The minimum absolute atomic E-state index is 0.0114. The zero-order valence-electron chi connectivity index (χ0n) is 15.8. The highest BCUT2D eigenvalue weighted by molar-refractivity contribution is 7.92. The van der Waals surface area contributed by atoms with Crippen molar-refractivity contribution in [3.8, 4) is 11.8 Å². The van der Waals surface area contributed by atoms with Crippen LogP contribution in [0.3, 0.4) is 0 Å². The zero-order chi connectivity index (χ0) is 20.0. The van der Waals surface area contributed by atoms with Crippen LogP contribution in [-0.4, -0.2) is 44.8 Å². The molecule has 0 radical (unpaired) electrons. The number of methoxy groups -OCH3 is 2. The second-order valence-corrected chi connectivity index (χ2v) is 7.70. The number of sulfonamides is 1. The van der Waals surface area contributed by atoms with Crippen LogP contribution in [0.2, 0.25) is 0 Å². The molecule has 2 heterocycles. The van der Waals surface area contributed by atoms with Gasteiger partial charge in [-0.2, -0.15) is 9.29 Å². The average Bonchev–Trinajstić information content (AvgIpc) is 2.66. The van der Waals surface area contributed by atoms with Gasteiger partial charge in [0.2, 0.25) is 21.8 Å². The molecular weight excluding hydrogens is 370 g/mol. The number of hydrogen-bond acceptors (Lipinski definition) is 7. The molecule has 0 N–H and O–H groups in total. The summed E-state index contributed by atoms with van der Waals surface area (Å²) >= 11 is 0. The van der Waals surface area contributed by atoms with Crippen molar-refractivity contribution in [2.24, 2.45) is 0 Å². The van der Waals surface area contributed by atoms with E-state index in [2.05, 4.69) is 16.9 Å². The van der Waals surface area contributed by atoms with Crippen LogP contribution in [0, 0.1) is 0 Å². The molecule has 8 nitrogen and oxygen atoms in total. The van der Waals surface area contributed by atoms with E-state index in [1.807, 2.05) is 0 Å². The first-order chi connectivity index (χ1) is 12.8. The van der Waals surface area contributed by atoms with Crippen LogP contribution in [0.25, 0.3) is 0 Å². The van der Waals surface area contributed by atoms with Crippen molar-refractivity contribution in [3.05, 3.63) is 41.7 Å². The minimum atomic E-state index is -3.96. The normalized spacial score (nSPS) is 11.1. The van der Waals surface area contributed by atoms with Gasteiger partial charge in [0.1, 0.15) is 11.4 Å². The van der Waals surface area contributed by atoms with Gasteiger partial charge in [0.25, 0.3) is 5.91 Å². The zero-order valence-corrected chi connectivity index (χ0v) is 16.6. The lowest BCUT2D eigenvalue weighted by Crippen LogP contribution is -2.37. The Morgan fingerprint density at radius 2 is 1.89 bits per heavy atom. The highest BCUT2D eigenvalue weighted by Crippen LogP contribution is 2.31. The highest BCUT2D eigenvalue weighted by atomic mass is 32.2. The molecule has 2 rings (SSSR count). The lowest BCUT2D eigenvalue weighted by Gasteiger charge is -2.21. The number of hydrogen-bond donors (Lipinski definition) is 0. The number of unbranched alkanes of at least 4 members (excludes halogenated alkanes) is 1. The smallest absolute Gasteiger partial charge is 0.290 e. The first-order valence-corrected chi connectivity index (χ1v) is 10.2. The second-order valence-electron chi connectivity index (χ2n) is 5.87. The Kier molecular flexibility index (Phi) is 6.73. The number of ether oxygens (including phenoxy) is 2. The van der Waals surface area contributed by atoms with E-state index in [-0.39, 0.29) is 23.1 Å². The predicted molar refractivity (Wildman–Crippen MR) is 102 cm³/mol. The summed E-state index contributed by atoms with van der Waals surface area (Å²) in [5, 5.41) is 0. The molecule has 146 valence electrons. The predicted octanol–water partition coefficient (Wildman–Crippen LogP) is 2.44. The molecule has 0 saturated heterocycles. The number of rotatable bonds is 8. The molecule has 0 bridgehead atoms. The standard InChI is InChI=1S/C18H23N3O5S/c1-5-6-7-13-8-9-14(19-12-13)18(22)21(27(4,23)24)15-10-11-16(25-2)20-17(15)26-3/h8-12H,5-7H2,1-4H3. The molecule has 0 aliphatic rings. The summed E-state index contributed by atoms with van der Waals surface area (Å²) in [6.45, 7) is 2.09. The van der Waals surface area contributed by atoms with Crippen LogP contribution in [0.1, 0.15) is 35.8 Å². The van der Waals surface area contributed by atoms with E-state index in [4.69, 9.17) is 9.47 Å². The summed E-state index contributed by atoms with van der Waals surface area (Å²) in [4.78, 5) is 21.1. The Hall–Kier alpha value is -2.68. The molecule has 2 aromatic rings. The summed E-state index contributed by atoms with van der Waals surface area (Å²) in [5.74, 6) is -0.604. The van der Waals surface area contributed by atoms with Gasteiger partial charge < -0.3 is 9.47 Å². The maximum absolute atomic E-state index is 12.9. The Morgan fingerprint density at radius 3 is 2.41 bits per heavy atom. The molecule has 0 atom stereocenters. The number of carbonyl (C=O) groups excluding carboxylic acids is 1. The summed E-state index contributed by atoms with van der Waals surface area (Å²) in [5.41, 5.74) is 0.990. The molecule has 0 saturated carbocycles. The van der Waals surface area contributed by atoms with E-state index < -0.39 is 15.9 Å². The number of carbonyl (C=O) groups is 1. The Balaban J connectivity index is 2.44. The number of anilines is 1. The lowest BCUT2D eigenvalue weighted by atomic mass is 10.1. The first-order valence-electron chi connectivity index (χ1n) is 8.40. The van der Waals surface area contributed by atoms with Crippen LogP contribution in [-0.2, 0) is 16.4 Å². The van der Waals surface area contributed by atoms with E-state index in [1.165, 1.54) is 32.4 Å². The maximum atomic E-state index is 12.9. The van der Waals surface area contributed by atoms with E-state index in [1.54, 1.807) is 12.3 Å². The molecule has 1 amide bonds. The molecule has 2 aromatic heterocycles. The third kappa shape index (κ3) is 4.94. The van der Waals surface area contributed by atoms with Crippen molar-refractivity contribution in [3.63, 3.8) is 0 Å². The van der Waals surface area contributed by atoms with E-state index in [0.29, 0.717) is 4.31 Å². The number of aromatic nitrogens is 2. The minimum Gasteiger partial charge on any atom is -0.481 e. The lowest BCUT2D eigenvalue weighted by molar-refractivity contribution is 0.1000. The van der Waals surface area contributed by atoms with Gasteiger partial charge in [-0.1, -0.05) is 19.4 Å². The molecule has 0 aromatic carbocycles. The molecule has 0 spiro atoms. The van der Waals surface area contributed by atoms with Crippen LogP contribution in [0.15, 0.2) is 30.5 Å². The third-order valence-corrected chi connectivity index (χ3v) is 4.84.